The Kier molecular flexibility index (Phi) is 5.67. The number of hydrogen-bond acceptors (Lipinski definition) is 3. The van der Waals surface area contributed by atoms with E-state index in [1.807, 2.05) is 0 Å². The molecule has 1 saturated heterocycles. The van der Waals surface area contributed by atoms with Gasteiger partial charge in [-0.25, -0.2) is 0 Å². The number of piperidine rings is 1. The molecule has 1 N–H and O–H groups in total. The summed E-state index contributed by atoms with van der Waals surface area (Å²) in [4.78, 5) is 2.51. The fourth-order valence-corrected chi connectivity index (χ4v) is 2.83. The Bertz CT molecular complexity index is 381. The van der Waals surface area contributed by atoms with Crippen LogP contribution in [0.2, 0.25) is 0 Å². The first-order valence-electron chi connectivity index (χ1n) is 7.31. The molecular formula is C16H26N2O. The van der Waals surface area contributed by atoms with E-state index in [0.717, 1.165) is 12.6 Å². The van der Waals surface area contributed by atoms with Crippen molar-refractivity contribution in [3.8, 4) is 0 Å². The summed E-state index contributed by atoms with van der Waals surface area (Å²) < 4.78 is 5.16. The van der Waals surface area contributed by atoms with Gasteiger partial charge < -0.3 is 15.0 Å². The van der Waals surface area contributed by atoms with Crippen molar-refractivity contribution in [1.29, 1.82) is 0 Å². The predicted molar refractivity (Wildman–Crippen MR) is 80.5 cm³/mol. The molecule has 1 heterocycles. The average molecular weight is 262 g/mol. The van der Waals surface area contributed by atoms with Crippen LogP contribution in [0.15, 0.2) is 24.3 Å². The van der Waals surface area contributed by atoms with Crippen LogP contribution in [0.25, 0.3) is 0 Å². The summed E-state index contributed by atoms with van der Waals surface area (Å²) in [6.07, 6.45) is 5.32. The molecule has 1 unspecified atom stereocenters. The SMILES string of the molecule is COCc1cccc(NCCC2CCCCN2C)c1. The Morgan fingerprint density at radius 3 is 3.05 bits per heavy atom. The molecule has 106 valence electrons. The molecule has 0 spiro atoms. The molecule has 0 saturated carbocycles. The van der Waals surface area contributed by atoms with Crippen LogP contribution >= 0.6 is 0 Å². The molecule has 0 aliphatic carbocycles. The summed E-state index contributed by atoms with van der Waals surface area (Å²) in [5, 5.41) is 3.53. The molecule has 19 heavy (non-hydrogen) atoms. The van der Waals surface area contributed by atoms with Crippen LogP contribution in [-0.4, -0.2) is 38.2 Å². The van der Waals surface area contributed by atoms with Gasteiger partial charge in [-0.2, -0.15) is 0 Å². The largest absolute Gasteiger partial charge is 0.385 e. The summed E-state index contributed by atoms with van der Waals surface area (Å²) in [6, 6.07) is 9.24. The van der Waals surface area contributed by atoms with Crippen molar-refractivity contribution in [3.05, 3.63) is 29.8 Å². The number of anilines is 1. The van der Waals surface area contributed by atoms with Gasteiger partial charge in [0.25, 0.3) is 0 Å². The molecule has 1 aliphatic heterocycles. The minimum atomic E-state index is 0.681. The predicted octanol–water partition coefficient (Wildman–Crippen LogP) is 3.12. The van der Waals surface area contributed by atoms with Gasteiger partial charge in [0.15, 0.2) is 0 Å². The quantitative estimate of drug-likeness (QED) is 0.852. The number of likely N-dealkylation sites (tertiary alicyclic amines) is 1. The van der Waals surface area contributed by atoms with Crippen LogP contribution in [0.4, 0.5) is 5.69 Å². The lowest BCUT2D eigenvalue weighted by atomic mass is 10.0. The Balaban J connectivity index is 1.77. The monoisotopic (exact) mass is 262 g/mol. The third kappa shape index (κ3) is 4.51. The Morgan fingerprint density at radius 2 is 2.26 bits per heavy atom. The third-order valence-corrected chi connectivity index (χ3v) is 3.97. The van der Waals surface area contributed by atoms with Gasteiger partial charge in [0, 0.05) is 25.4 Å². The third-order valence-electron chi connectivity index (χ3n) is 3.97. The van der Waals surface area contributed by atoms with E-state index in [4.69, 9.17) is 4.74 Å². The standard InChI is InChI=1S/C16H26N2O/c1-18-11-4-3-8-16(18)9-10-17-15-7-5-6-14(12-15)13-19-2/h5-7,12,16-17H,3-4,8-11,13H2,1-2H3. The maximum atomic E-state index is 5.16. The van der Waals surface area contributed by atoms with E-state index in [1.54, 1.807) is 7.11 Å². The zero-order valence-electron chi connectivity index (χ0n) is 12.2. The lowest BCUT2D eigenvalue weighted by molar-refractivity contribution is 0.179. The first-order chi connectivity index (χ1) is 9.29. The first-order valence-corrected chi connectivity index (χ1v) is 7.31. The van der Waals surface area contributed by atoms with Gasteiger partial charge >= 0.3 is 0 Å². The first kappa shape index (κ1) is 14.4. The van der Waals surface area contributed by atoms with Crippen molar-refractivity contribution in [3.63, 3.8) is 0 Å². The number of benzene rings is 1. The molecule has 0 amide bonds. The van der Waals surface area contributed by atoms with Crippen LogP contribution in [0.5, 0.6) is 0 Å². The van der Waals surface area contributed by atoms with Crippen molar-refractivity contribution in [2.24, 2.45) is 0 Å². The van der Waals surface area contributed by atoms with E-state index >= 15 is 0 Å². The van der Waals surface area contributed by atoms with E-state index in [-0.39, 0.29) is 0 Å². The van der Waals surface area contributed by atoms with Crippen molar-refractivity contribution < 1.29 is 4.74 Å². The highest BCUT2D eigenvalue weighted by Crippen LogP contribution is 2.18. The number of rotatable bonds is 6. The summed E-state index contributed by atoms with van der Waals surface area (Å²) >= 11 is 0. The van der Waals surface area contributed by atoms with Crippen molar-refractivity contribution in [1.82, 2.24) is 4.90 Å². The topological polar surface area (TPSA) is 24.5 Å². The van der Waals surface area contributed by atoms with Crippen LogP contribution in [0, 0.1) is 0 Å². The molecular weight excluding hydrogens is 236 g/mol. The summed E-state index contributed by atoms with van der Waals surface area (Å²) in [5.41, 5.74) is 2.43. The lowest BCUT2D eigenvalue weighted by Gasteiger charge is -2.32. The van der Waals surface area contributed by atoms with E-state index in [9.17, 15) is 0 Å². The fraction of sp³-hybridized carbons (Fsp3) is 0.625. The van der Waals surface area contributed by atoms with Crippen molar-refractivity contribution >= 4 is 5.69 Å². The highest BCUT2D eigenvalue weighted by Gasteiger charge is 2.17. The Morgan fingerprint density at radius 1 is 1.37 bits per heavy atom. The molecule has 1 aromatic carbocycles. The summed E-state index contributed by atoms with van der Waals surface area (Å²) in [5.74, 6) is 0. The van der Waals surface area contributed by atoms with Crippen molar-refractivity contribution in [2.45, 2.75) is 38.3 Å². The number of nitrogens with one attached hydrogen (secondary N) is 1. The molecule has 1 aliphatic rings. The van der Waals surface area contributed by atoms with Gasteiger partial charge in [-0.3, -0.25) is 0 Å². The smallest absolute Gasteiger partial charge is 0.0713 e. The van der Waals surface area contributed by atoms with Crippen molar-refractivity contribution in [2.75, 3.05) is 32.6 Å². The van der Waals surface area contributed by atoms with E-state index in [2.05, 4.69) is 41.5 Å². The van der Waals surface area contributed by atoms with Crippen LogP contribution in [0.1, 0.15) is 31.2 Å². The van der Waals surface area contributed by atoms with Crippen LogP contribution in [-0.2, 0) is 11.3 Å². The van der Waals surface area contributed by atoms with Gasteiger partial charge in [0.05, 0.1) is 6.61 Å². The average Bonchev–Trinajstić information content (AvgIpc) is 2.42. The Labute approximate surface area is 116 Å². The number of methoxy groups -OCH3 is 1. The summed E-state index contributed by atoms with van der Waals surface area (Å²) in [6.45, 7) is 2.99. The Hall–Kier alpha value is -1.06. The van der Waals surface area contributed by atoms with Crippen LogP contribution in [0.3, 0.4) is 0 Å². The minimum absolute atomic E-state index is 0.681. The molecule has 0 aromatic heterocycles. The molecule has 0 bridgehead atoms. The second-order valence-electron chi connectivity index (χ2n) is 5.48. The van der Waals surface area contributed by atoms with Gasteiger partial charge in [-0.1, -0.05) is 18.6 Å². The number of nitrogens with zero attached hydrogens (tertiary/aromatic N) is 1. The maximum Gasteiger partial charge on any atom is 0.0713 e. The van der Waals surface area contributed by atoms with Gasteiger partial charge in [0.1, 0.15) is 0 Å². The number of ether oxygens (including phenoxy) is 1. The molecule has 0 radical (unpaired) electrons. The summed E-state index contributed by atoms with van der Waals surface area (Å²) in [7, 11) is 3.99. The second kappa shape index (κ2) is 7.51. The fourth-order valence-electron chi connectivity index (χ4n) is 2.83. The molecule has 2 rings (SSSR count). The van der Waals surface area contributed by atoms with E-state index < -0.39 is 0 Å². The van der Waals surface area contributed by atoms with E-state index in [1.165, 1.54) is 43.5 Å². The van der Waals surface area contributed by atoms with Gasteiger partial charge in [0.2, 0.25) is 0 Å². The maximum absolute atomic E-state index is 5.16. The van der Waals surface area contributed by atoms with Crippen LogP contribution < -0.4 is 5.32 Å². The van der Waals surface area contributed by atoms with Gasteiger partial charge in [-0.05, 0) is 50.6 Å². The molecule has 1 aromatic rings. The number of hydrogen-bond donors (Lipinski definition) is 1. The molecule has 1 fully saturated rings. The minimum Gasteiger partial charge on any atom is -0.385 e. The second-order valence-corrected chi connectivity index (χ2v) is 5.48. The molecule has 1 atom stereocenters. The highest BCUT2D eigenvalue weighted by atomic mass is 16.5. The van der Waals surface area contributed by atoms with E-state index in [0.29, 0.717) is 6.61 Å². The highest BCUT2D eigenvalue weighted by molar-refractivity contribution is 5.45. The zero-order chi connectivity index (χ0) is 13.5. The zero-order valence-corrected chi connectivity index (χ0v) is 12.2. The molecule has 3 nitrogen and oxygen atoms in total. The normalized spacial score (nSPS) is 20.4. The van der Waals surface area contributed by atoms with Gasteiger partial charge in [-0.15, -0.1) is 0 Å². The molecule has 3 heteroatoms. The lowest BCUT2D eigenvalue weighted by Crippen LogP contribution is -2.37.